The van der Waals surface area contributed by atoms with Crippen LogP contribution in [0.4, 0.5) is 0 Å². The van der Waals surface area contributed by atoms with Gasteiger partial charge in [0.1, 0.15) is 12.4 Å². The molecule has 1 atom stereocenters. The Labute approximate surface area is 133 Å². The Balaban J connectivity index is 1.77. The van der Waals surface area contributed by atoms with E-state index in [4.69, 9.17) is 9.47 Å². The lowest BCUT2D eigenvalue weighted by molar-refractivity contribution is -0.144. The Morgan fingerprint density at radius 2 is 1.86 bits per heavy atom. The molecule has 1 aromatic rings. The van der Waals surface area contributed by atoms with Gasteiger partial charge in [-0.3, -0.25) is 9.69 Å². The summed E-state index contributed by atoms with van der Waals surface area (Å²) in [5, 5.41) is 0. The number of likely N-dealkylation sites (tertiary alicyclic amines) is 1. The minimum absolute atomic E-state index is 0.179. The molecule has 0 radical (unpaired) electrons. The second kappa shape index (κ2) is 8.79. The van der Waals surface area contributed by atoms with Crippen molar-refractivity contribution in [2.75, 3.05) is 32.8 Å². The molecular weight excluding hydrogens is 278 g/mol. The molecule has 1 aliphatic rings. The van der Waals surface area contributed by atoms with Crippen LogP contribution in [-0.4, -0.2) is 43.7 Å². The number of hydrogen-bond acceptors (Lipinski definition) is 4. The molecule has 0 amide bonds. The van der Waals surface area contributed by atoms with Crippen LogP contribution >= 0.6 is 0 Å². The number of carbonyl (C=O) groups excluding carboxylic acids is 1. The lowest BCUT2D eigenvalue weighted by Crippen LogP contribution is -2.33. The predicted octanol–water partition coefficient (Wildman–Crippen LogP) is 3.22. The third kappa shape index (κ3) is 5.02. The summed E-state index contributed by atoms with van der Waals surface area (Å²) >= 11 is 0. The van der Waals surface area contributed by atoms with Crippen LogP contribution in [0, 0.1) is 0 Å². The average molecular weight is 305 g/mol. The maximum Gasteiger partial charge on any atom is 0.313 e. The molecule has 0 aliphatic carbocycles. The van der Waals surface area contributed by atoms with E-state index in [1.807, 2.05) is 38.1 Å². The summed E-state index contributed by atoms with van der Waals surface area (Å²) in [6.07, 6.45) is 3.97. The van der Waals surface area contributed by atoms with Crippen molar-refractivity contribution in [3.63, 3.8) is 0 Å². The molecule has 0 spiro atoms. The summed E-state index contributed by atoms with van der Waals surface area (Å²) in [4.78, 5) is 14.2. The first-order valence-corrected chi connectivity index (χ1v) is 8.32. The third-order valence-electron chi connectivity index (χ3n) is 4.15. The molecule has 1 heterocycles. The van der Waals surface area contributed by atoms with E-state index in [0.29, 0.717) is 13.2 Å². The van der Waals surface area contributed by atoms with Gasteiger partial charge in [0.2, 0.25) is 0 Å². The number of benzene rings is 1. The van der Waals surface area contributed by atoms with Gasteiger partial charge in [0.25, 0.3) is 0 Å². The number of carbonyl (C=O) groups is 1. The van der Waals surface area contributed by atoms with Crippen molar-refractivity contribution in [1.29, 1.82) is 0 Å². The molecule has 1 saturated heterocycles. The molecule has 0 bridgehead atoms. The highest BCUT2D eigenvalue weighted by Crippen LogP contribution is 2.20. The van der Waals surface area contributed by atoms with Crippen molar-refractivity contribution in [3.05, 3.63) is 29.8 Å². The van der Waals surface area contributed by atoms with Crippen molar-refractivity contribution in [3.8, 4) is 5.75 Å². The number of piperidine rings is 1. The number of hydrogen-bond donors (Lipinski definition) is 0. The van der Waals surface area contributed by atoms with Crippen molar-refractivity contribution in [2.45, 2.75) is 39.0 Å². The molecular formula is C18H27NO3. The van der Waals surface area contributed by atoms with Gasteiger partial charge in [-0.1, -0.05) is 18.6 Å². The summed E-state index contributed by atoms with van der Waals surface area (Å²) in [6.45, 7) is 8.20. The number of esters is 1. The minimum atomic E-state index is -0.234. The molecule has 122 valence electrons. The zero-order chi connectivity index (χ0) is 15.8. The fourth-order valence-corrected chi connectivity index (χ4v) is 2.73. The minimum Gasteiger partial charge on any atom is -0.492 e. The maximum atomic E-state index is 11.7. The second-order valence-corrected chi connectivity index (χ2v) is 5.79. The van der Waals surface area contributed by atoms with E-state index in [1.165, 1.54) is 32.4 Å². The molecule has 4 nitrogen and oxygen atoms in total. The largest absolute Gasteiger partial charge is 0.492 e. The van der Waals surface area contributed by atoms with E-state index in [1.54, 1.807) is 0 Å². The highest BCUT2D eigenvalue weighted by atomic mass is 16.5. The first kappa shape index (κ1) is 16.8. The van der Waals surface area contributed by atoms with Crippen LogP contribution in [-0.2, 0) is 9.53 Å². The van der Waals surface area contributed by atoms with Gasteiger partial charge in [0.15, 0.2) is 0 Å². The van der Waals surface area contributed by atoms with E-state index in [-0.39, 0.29) is 11.9 Å². The van der Waals surface area contributed by atoms with Gasteiger partial charge in [-0.15, -0.1) is 0 Å². The van der Waals surface area contributed by atoms with Crippen LogP contribution in [0.3, 0.4) is 0 Å². The monoisotopic (exact) mass is 305 g/mol. The molecule has 1 fully saturated rings. The van der Waals surface area contributed by atoms with Gasteiger partial charge >= 0.3 is 5.97 Å². The van der Waals surface area contributed by atoms with Gasteiger partial charge in [0.05, 0.1) is 12.5 Å². The Morgan fingerprint density at radius 3 is 2.50 bits per heavy atom. The van der Waals surface area contributed by atoms with Crippen LogP contribution in [0.5, 0.6) is 5.75 Å². The average Bonchev–Trinajstić information content (AvgIpc) is 2.56. The van der Waals surface area contributed by atoms with Crippen LogP contribution in [0.15, 0.2) is 24.3 Å². The number of nitrogens with zero attached hydrogens (tertiary/aromatic N) is 1. The van der Waals surface area contributed by atoms with Crippen LogP contribution in [0.25, 0.3) is 0 Å². The summed E-state index contributed by atoms with van der Waals surface area (Å²) in [7, 11) is 0. The SMILES string of the molecule is CCOC(=O)C(C)c1ccc(OCCN2CCCCC2)cc1. The van der Waals surface area contributed by atoms with Gasteiger partial charge in [-0.05, 0) is 57.5 Å². The van der Waals surface area contributed by atoms with E-state index in [2.05, 4.69) is 4.90 Å². The fourth-order valence-electron chi connectivity index (χ4n) is 2.73. The lowest BCUT2D eigenvalue weighted by atomic mass is 10.0. The quantitative estimate of drug-likeness (QED) is 0.725. The Hall–Kier alpha value is -1.55. The highest BCUT2D eigenvalue weighted by Gasteiger charge is 2.16. The number of rotatable bonds is 7. The summed E-state index contributed by atoms with van der Waals surface area (Å²) < 4.78 is 10.8. The fraction of sp³-hybridized carbons (Fsp3) is 0.611. The molecule has 2 rings (SSSR count). The number of ether oxygens (including phenoxy) is 2. The first-order chi connectivity index (χ1) is 10.7. The molecule has 1 aliphatic heterocycles. The van der Waals surface area contributed by atoms with Crippen molar-refractivity contribution in [1.82, 2.24) is 4.90 Å². The molecule has 4 heteroatoms. The van der Waals surface area contributed by atoms with Gasteiger partial charge in [-0.25, -0.2) is 0 Å². The molecule has 1 aromatic carbocycles. The van der Waals surface area contributed by atoms with E-state index >= 15 is 0 Å². The second-order valence-electron chi connectivity index (χ2n) is 5.79. The zero-order valence-corrected chi connectivity index (χ0v) is 13.7. The summed E-state index contributed by atoms with van der Waals surface area (Å²) in [6, 6.07) is 7.75. The van der Waals surface area contributed by atoms with E-state index in [0.717, 1.165) is 17.9 Å². The maximum absolute atomic E-state index is 11.7. The standard InChI is InChI=1S/C18H27NO3/c1-3-21-18(20)15(2)16-7-9-17(10-8-16)22-14-13-19-11-5-4-6-12-19/h7-10,15H,3-6,11-14H2,1-2H3. The molecule has 22 heavy (non-hydrogen) atoms. The molecule has 0 aromatic heterocycles. The van der Waals surface area contributed by atoms with Gasteiger partial charge < -0.3 is 9.47 Å². The smallest absolute Gasteiger partial charge is 0.313 e. The topological polar surface area (TPSA) is 38.8 Å². The predicted molar refractivity (Wildman–Crippen MR) is 87.3 cm³/mol. The Bertz CT molecular complexity index is 452. The molecule has 0 N–H and O–H groups in total. The lowest BCUT2D eigenvalue weighted by Gasteiger charge is -2.26. The van der Waals surface area contributed by atoms with Crippen molar-refractivity contribution < 1.29 is 14.3 Å². The molecule has 1 unspecified atom stereocenters. The van der Waals surface area contributed by atoms with Crippen LogP contribution in [0.1, 0.15) is 44.6 Å². The third-order valence-corrected chi connectivity index (χ3v) is 4.15. The van der Waals surface area contributed by atoms with E-state index in [9.17, 15) is 4.79 Å². The van der Waals surface area contributed by atoms with Crippen LogP contribution < -0.4 is 4.74 Å². The van der Waals surface area contributed by atoms with Gasteiger partial charge in [-0.2, -0.15) is 0 Å². The zero-order valence-electron chi connectivity index (χ0n) is 13.7. The molecule has 0 saturated carbocycles. The van der Waals surface area contributed by atoms with Crippen molar-refractivity contribution in [2.24, 2.45) is 0 Å². The highest BCUT2D eigenvalue weighted by molar-refractivity contribution is 5.77. The van der Waals surface area contributed by atoms with Crippen LogP contribution in [0.2, 0.25) is 0 Å². The Kier molecular flexibility index (Phi) is 6.72. The van der Waals surface area contributed by atoms with E-state index < -0.39 is 0 Å². The summed E-state index contributed by atoms with van der Waals surface area (Å²) in [5.41, 5.74) is 0.960. The van der Waals surface area contributed by atoms with Crippen molar-refractivity contribution >= 4 is 5.97 Å². The Morgan fingerprint density at radius 1 is 1.18 bits per heavy atom. The van der Waals surface area contributed by atoms with Gasteiger partial charge in [0, 0.05) is 6.54 Å². The first-order valence-electron chi connectivity index (χ1n) is 8.32. The summed E-state index contributed by atoms with van der Waals surface area (Å²) in [5.74, 6) is 0.445. The normalized spacial score (nSPS) is 17.0.